The molecule has 192 valence electrons. The Morgan fingerprint density at radius 1 is 1.09 bits per heavy atom. The number of H-pyrrole nitrogens is 2. The Hall–Kier alpha value is -2.38. The van der Waals surface area contributed by atoms with Crippen molar-refractivity contribution in [2.45, 2.75) is 17.5 Å². The maximum Gasteiger partial charge on any atom is 0.417 e. The number of likely N-dealkylation sites (N-methyl/N-ethyl adjacent to an activating group) is 1. The van der Waals surface area contributed by atoms with Crippen LogP contribution in [0.1, 0.15) is 12.0 Å². The Kier molecular flexibility index (Phi) is 10.3. The van der Waals surface area contributed by atoms with Gasteiger partial charge in [0.2, 0.25) is 0 Å². The number of halogens is 5. The molecule has 0 fully saturated rings. The molecule has 0 radical (unpaired) electrons. The van der Waals surface area contributed by atoms with Gasteiger partial charge in [0, 0.05) is 29.4 Å². The van der Waals surface area contributed by atoms with E-state index in [-0.39, 0.29) is 57.3 Å². The number of hydrogen-bond acceptors (Lipinski definition) is 6. The van der Waals surface area contributed by atoms with Crippen LogP contribution in [0.15, 0.2) is 38.8 Å². The second kappa shape index (κ2) is 12.5. The van der Waals surface area contributed by atoms with Crippen molar-refractivity contribution in [1.29, 1.82) is 0 Å². The first kappa shape index (κ1) is 28.9. The van der Waals surface area contributed by atoms with Gasteiger partial charge in [-0.15, -0.1) is 11.8 Å². The van der Waals surface area contributed by atoms with Gasteiger partial charge in [0.15, 0.2) is 0 Å². The lowest BCUT2D eigenvalue weighted by Gasteiger charge is -2.19. The lowest BCUT2D eigenvalue weighted by molar-refractivity contribution is -0.137. The van der Waals surface area contributed by atoms with Crippen LogP contribution in [0.25, 0.3) is 22.0 Å². The third kappa shape index (κ3) is 7.55. The molecule has 0 aliphatic carbocycles. The summed E-state index contributed by atoms with van der Waals surface area (Å²) in [5.41, 5.74) is -3.42. The van der Waals surface area contributed by atoms with Gasteiger partial charge >= 0.3 is 11.9 Å². The molecule has 0 saturated carbocycles. The van der Waals surface area contributed by atoms with Gasteiger partial charge in [-0.1, -0.05) is 17.7 Å². The van der Waals surface area contributed by atoms with Gasteiger partial charge in [0.1, 0.15) is 5.82 Å². The number of aromatic amines is 2. The summed E-state index contributed by atoms with van der Waals surface area (Å²) in [6, 6.07) is 3.77. The Morgan fingerprint density at radius 2 is 1.77 bits per heavy atom. The van der Waals surface area contributed by atoms with E-state index in [1.54, 1.807) is 0 Å². The summed E-state index contributed by atoms with van der Waals surface area (Å²) in [6.45, 7) is 0.825. The average molecular weight is 538 g/mol. The maximum absolute atomic E-state index is 13.9. The highest BCUT2D eigenvalue weighted by molar-refractivity contribution is 7.99. The van der Waals surface area contributed by atoms with E-state index in [0.29, 0.717) is 6.07 Å². The highest BCUT2D eigenvalue weighted by Gasteiger charge is 2.36. The van der Waals surface area contributed by atoms with Crippen LogP contribution < -0.4 is 11.2 Å². The summed E-state index contributed by atoms with van der Waals surface area (Å²) >= 11 is 6.70. The predicted molar refractivity (Wildman–Crippen MR) is 129 cm³/mol. The number of thioether (sulfide) groups is 1. The van der Waals surface area contributed by atoms with Gasteiger partial charge < -0.3 is 20.1 Å². The molecule has 0 aliphatic heterocycles. The fourth-order valence-corrected chi connectivity index (χ4v) is 4.36. The zero-order valence-electron chi connectivity index (χ0n) is 18.8. The molecule has 0 bridgehead atoms. The number of benzene rings is 2. The minimum atomic E-state index is -4.85. The van der Waals surface area contributed by atoms with Gasteiger partial charge in [-0.05, 0) is 44.3 Å². The number of alkyl halides is 3. The quantitative estimate of drug-likeness (QED) is 0.208. The summed E-state index contributed by atoms with van der Waals surface area (Å²) in [5.74, 6) is -0.590. The van der Waals surface area contributed by atoms with Crippen molar-refractivity contribution in [2.75, 3.05) is 39.6 Å². The van der Waals surface area contributed by atoms with E-state index in [9.17, 15) is 27.2 Å². The van der Waals surface area contributed by atoms with E-state index in [2.05, 4.69) is 4.98 Å². The molecule has 7 nitrogen and oxygen atoms in total. The highest BCUT2D eigenvalue weighted by atomic mass is 35.5. The molecular formula is C22H24ClF4N3O4S. The smallest absolute Gasteiger partial charge is 0.396 e. The monoisotopic (exact) mass is 537 g/mol. The number of rotatable bonds is 7. The first-order chi connectivity index (χ1) is 16.4. The van der Waals surface area contributed by atoms with Crippen LogP contribution in [0.3, 0.4) is 0 Å². The standard InChI is InChI=1S/C18H13ClF4N2O3S.C4H11NO/c19-11-6-8(2-3-12(11)20)13-10(18(21,22)23)7-9-14(15(13)29-5-1-4-26)24-17(28)25-16(9)27;1-5(2)3-4-6/h2-3,6-7,26H,1,4-5H2,(H2,24,25,27,28);6H,3-4H2,1-2H3. The predicted octanol–water partition coefficient (Wildman–Crippen LogP) is 3.71. The molecule has 0 unspecified atom stereocenters. The number of aromatic nitrogens is 2. The summed E-state index contributed by atoms with van der Waals surface area (Å²) in [6.07, 6.45) is -4.58. The van der Waals surface area contributed by atoms with Crippen molar-refractivity contribution in [3.05, 3.63) is 61.5 Å². The van der Waals surface area contributed by atoms with E-state index >= 15 is 0 Å². The lowest BCUT2D eigenvalue weighted by atomic mass is 9.97. The summed E-state index contributed by atoms with van der Waals surface area (Å²) < 4.78 is 55.2. The number of nitrogens with one attached hydrogen (secondary N) is 2. The van der Waals surface area contributed by atoms with Crippen molar-refractivity contribution in [1.82, 2.24) is 14.9 Å². The third-order valence-electron chi connectivity index (χ3n) is 4.60. The molecule has 1 heterocycles. The van der Waals surface area contributed by atoms with E-state index < -0.39 is 28.8 Å². The lowest BCUT2D eigenvalue weighted by Crippen LogP contribution is -2.23. The highest BCUT2D eigenvalue weighted by Crippen LogP contribution is 2.45. The first-order valence-electron chi connectivity index (χ1n) is 10.3. The molecule has 2 aromatic carbocycles. The van der Waals surface area contributed by atoms with Crippen molar-refractivity contribution in [3.8, 4) is 11.1 Å². The van der Waals surface area contributed by atoms with Crippen LogP contribution in [0.5, 0.6) is 0 Å². The SMILES string of the molecule is CN(C)CCO.O=c1[nH]c(=O)c2cc(C(F)(F)F)c(-c3ccc(F)c(Cl)c3)c(SCCCO)c2[nH]1. The van der Waals surface area contributed by atoms with E-state index in [4.69, 9.17) is 21.8 Å². The molecular weight excluding hydrogens is 514 g/mol. The van der Waals surface area contributed by atoms with Crippen LogP contribution >= 0.6 is 23.4 Å². The molecule has 1 aromatic heterocycles. The van der Waals surface area contributed by atoms with Gasteiger partial charge in [-0.2, -0.15) is 13.2 Å². The summed E-state index contributed by atoms with van der Waals surface area (Å²) in [5, 5.41) is 16.5. The molecule has 3 rings (SSSR count). The van der Waals surface area contributed by atoms with Gasteiger partial charge in [0.25, 0.3) is 5.56 Å². The zero-order chi connectivity index (χ0) is 26.3. The number of hydrogen-bond donors (Lipinski definition) is 4. The van der Waals surface area contributed by atoms with Crippen LogP contribution in [0, 0.1) is 5.82 Å². The van der Waals surface area contributed by atoms with Gasteiger partial charge in [-0.3, -0.25) is 9.78 Å². The van der Waals surface area contributed by atoms with Crippen molar-refractivity contribution >= 4 is 34.3 Å². The van der Waals surface area contributed by atoms with Crippen molar-refractivity contribution < 1.29 is 27.8 Å². The molecule has 0 atom stereocenters. The van der Waals surface area contributed by atoms with Crippen LogP contribution in [0.4, 0.5) is 17.6 Å². The third-order valence-corrected chi connectivity index (χ3v) is 6.08. The largest absolute Gasteiger partial charge is 0.417 e. The summed E-state index contributed by atoms with van der Waals surface area (Å²) in [4.78, 5) is 30.1. The second-order valence-electron chi connectivity index (χ2n) is 7.54. The Labute approximate surface area is 206 Å². The minimum Gasteiger partial charge on any atom is -0.396 e. The van der Waals surface area contributed by atoms with Crippen LogP contribution in [0.2, 0.25) is 5.02 Å². The molecule has 0 amide bonds. The molecule has 0 saturated heterocycles. The number of aliphatic hydroxyl groups is 2. The van der Waals surface area contributed by atoms with E-state index in [1.165, 1.54) is 0 Å². The molecule has 0 spiro atoms. The zero-order valence-corrected chi connectivity index (χ0v) is 20.4. The molecule has 0 aliphatic rings. The van der Waals surface area contributed by atoms with Gasteiger partial charge in [-0.25, -0.2) is 9.18 Å². The number of fused-ring (bicyclic) bond motifs is 1. The second-order valence-corrected chi connectivity index (χ2v) is 9.05. The van der Waals surface area contributed by atoms with Crippen LogP contribution in [-0.4, -0.2) is 64.7 Å². The number of nitrogens with zero attached hydrogens (tertiary/aromatic N) is 1. The van der Waals surface area contributed by atoms with Crippen LogP contribution in [-0.2, 0) is 6.18 Å². The number of aliphatic hydroxyl groups excluding tert-OH is 2. The maximum atomic E-state index is 13.9. The fourth-order valence-electron chi connectivity index (χ4n) is 3.02. The Bertz CT molecular complexity index is 1280. The van der Waals surface area contributed by atoms with E-state index in [0.717, 1.165) is 36.5 Å². The minimum absolute atomic E-state index is 0.0193. The molecule has 3 aromatic rings. The van der Waals surface area contributed by atoms with Crippen molar-refractivity contribution in [2.24, 2.45) is 0 Å². The topological polar surface area (TPSA) is 109 Å². The Morgan fingerprint density at radius 3 is 2.29 bits per heavy atom. The Balaban J connectivity index is 0.000000641. The first-order valence-corrected chi connectivity index (χ1v) is 11.6. The average Bonchev–Trinajstić information content (AvgIpc) is 2.75. The molecule has 4 N–H and O–H groups in total. The normalized spacial score (nSPS) is 11.6. The molecule has 13 heteroatoms. The van der Waals surface area contributed by atoms with E-state index in [1.807, 2.05) is 24.0 Å². The summed E-state index contributed by atoms with van der Waals surface area (Å²) in [7, 11) is 3.85. The van der Waals surface area contributed by atoms with Crippen molar-refractivity contribution in [3.63, 3.8) is 0 Å². The fraction of sp³-hybridized carbons (Fsp3) is 0.364. The van der Waals surface area contributed by atoms with Gasteiger partial charge in [0.05, 0.1) is 28.1 Å². The molecule has 35 heavy (non-hydrogen) atoms.